The Morgan fingerprint density at radius 2 is 1.86 bits per heavy atom. The number of nitrogens with zero attached hydrogens (tertiary/aromatic N) is 2. The quantitative estimate of drug-likeness (QED) is 0.537. The van der Waals surface area contributed by atoms with E-state index < -0.39 is 11.7 Å². The predicted octanol–water partition coefficient (Wildman–Crippen LogP) is 5.14. The second-order valence-electron chi connectivity index (χ2n) is 6.52. The summed E-state index contributed by atoms with van der Waals surface area (Å²) in [7, 11) is 0. The van der Waals surface area contributed by atoms with E-state index in [2.05, 4.69) is 10.4 Å². The van der Waals surface area contributed by atoms with Crippen LogP contribution in [0.4, 0.5) is 10.1 Å². The van der Waals surface area contributed by atoms with Gasteiger partial charge in [0.25, 0.3) is 5.91 Å². The van der Waals surface area contributed by atoms with Crippen LogP contribution in [0.2, 0.25) is 0 Å². The Labute approximate surface area is 161 Å². The van der Waals surface area contributed by atoms with E-state index in [9.17, 15) is 9.18 Å². The molecule has 4 rings (SSSR count). The normalized spacial score (nSPS) is 10.8. The van der Waals surface area contributed by atoms with Gasteiger partial charge in [-0.05, 0) is 55.8 Å². The lowest BCUT2D eigenvalue weighted by atomic mass is 10.1. The molecule has 0 radical (unpaired) electrons. The molecule has 0 aliphatic heterocycles. The van der Waals surface area contributed by atoms with Gasteiger partial charge in [0.05, 0.1) is 16.9 Å². The van der Waals surface area contributed by atoms with Gasteiger partial charge in [-0.1, -0.05) is 24.3 Å². The Balaban J connectivity index is 1.77. The number of halogens is 1. The number of nitrogens with one attached hydrogen (secondary N) is 1. The molecule has 140 valence electrons. The number of carbonyl (C=O) groups is 1. The van der Waals surface area contributed by atoms with Gasteiger partial charge in [0.15, 0.2) is 5.76 Å². The van der Waals surface area contributed by atoms with Crippen molar-refractivity contribution < 1.29 is 13.6 Å². The highest BCUT2D eigenvalue weighted by Crippen LogP contribution is 2.27. The molecular formula is C22H18FN3O2. The number of aryl methyl sites for hydroxylation is 2. The molecule has 6 heteroatoms. The van der Waals surface area contributed by atoms with Crippen molar-refractivity contribution in [3.63, 3.8) is 0 Å². The van der Waals surface area contributed by atoms with Gasteiger partial charge >= 0.3 is 0 Å². The van der Waals surface area contributed by atoms with Gasteiger partial charge in [-0.25, -0.2) is 9.07 Å². The summed E-state index contributed by atoms with van der Waals surface area (Å²) in [5.74, 6) is 0.225. The van der Waals surface area contributed by atoms with E-state index in [1.165, 1.54) is 6.07 Å². The minimum atomic E-state index is -0.496. The Morgan fingerprint density at radius 3 is 2.57 bits per heavy atom. The summed E-state index contributed by atoms with van der Waals surface area (Å²) in [6.07, 6.45) is 1.62. The molecule has 0 aliphatic rings. The highest BCUT2D eigenvalue weighted by Gasteiger charge is 2.22. The van der Waals surface area contributed by atoms with Crippen LogP contribution in [-0.2, 0) is 0 Å². The second-order valence-corrected chi connectivity index (χ2v) is 6.52. The number of rotatable bonds is 4. The van der Waals surface area contributed by atoms with Crippen LogP contribution >= 0.6 is 0 Å². The average Bonchev–Trinajstić information content (AvgIpc) is 3.32. The zero-order valence-corrected chi connectivity index (χ0v) is 15.4. The summed E-state index contributed by atoms with van der Waals surface area (Å²) in [6.45, 7) is 3.65. The molecule has 0 atom stereocenters. The number of carbonyl (C=O) groups excluding carboxylic acids is 1. The molecule has 5 nitrogen and oxygen atoms in total. The number of para-hydroxylation sites is 1. The monoisotopic (exact) mass is 375 g/mol. The highest BCUT2D eigenvalue weighted by atomic mass is 19.1. The van der Waals surface area contributed by atoms with E-state index in [-0.39, 0.29) is 5.69 Å². The van der Waals surface area contributed by atoms with E-state index in [0.717, 1.165) is 11.3 Å². The van der Waals surface area contributed by atoms with Crippen LogP contribution in [0, 0.1) is 19.7 Å². The number of furan rings is 1. The van der Waals surface area contributed by atoms with Crippen LogP contribution in [0.15, 0.2) is 71.3 Å². The molecule has 1 amide bonds. The lowest BCUT2D eigenvalue weighted by molar-refractivity contribution is 0.102. The summed E-state index contributed by atoms with van der Waals surface area (Å²) < 4.78 is 21.4. The molecule has 0 saturated carbocycles. The largest absolute Gasteiger partial charge is 0.460 e. The van der Waals surface area contributed by atoms with E-state index >= 15 is 0 Å². The van der Waals surface area contributed by atoms with E-state index in [1.54, 1.807) is 35.1 Å². The fourth-order valence-electron chi connectivity index (χ4n) is 2.92. The fraction of sp³-hybridized carbons (Fsp3) is 0.0909. The standard InChI is InChI=1S/C22H18FN3O2/c1-14-8-10-18(23)19(12-14)24-22(27)17-13-26(16-6-4-3-5-7-16)25-21(17)20-11-9-15(2)28-20/h3-13H,1-2H3,(H,24,27). The SMILES string of the molecule is Cc1ccc(F)c(NC(=O)c2cn(-c3ccccc3)nc2-c2ccc(C)o2)c1. The molecule has 2 heterocycles. The zero-order valence-electron chi connectivity index (χ0n) is 15.4. The summed E-state index contributed by atoms with van der Waals surface area (Å²) in [6, 6.07) is 17.6. The van der Waals surface area contributed by atoms with Gasteiger partial charge in [-0.3, -0.25) is 4.79 Å². The van der Waals surface area contributed by atoms with Crippen molar-refractivity contribution in [1.82, 2.24) is 9.78 Å². The Kier molecular flexibility index (Phi) is 4.53. The first-order chi connectivity index (χ1) is 13.5. The Hall–Kier alpha value is -3.67. The van der Waals surface area contributed by atoms with E-state index in [1.807, 2.05) is 44.2 Å². The van der Waals surface area contributed by atoms with Crippen molar-refractivity contribution in [2.24, 2.45) is 0 Å². The summed E-state index contributed by atoms with van der Waals surface area (Å²) >= 11 is 0. The van der Waals surface area contributed by atoms with E-state index in [0.29, 0.717) is 22.8 Å². The zero-order chi connectivity index (χ0) is 19.7. The number of hydrogen-bond donors (Lipinski definition) is 1. The van der Waals surface area contributed by atoms with Crippen molar-refractivity contribution in [1.29, 1.82) is 0 Å². The maximum atomic E-state index is 14.1. The lowest BCUT2D eigenvalue weighted by Crippen LogP contribution is -2.13. The maximum absolute atomic E-state index is 14.1. The van der Waals surface area contributed by atoms with Gasteiger partial charge in [0.2, 0.25) is 0 Å². The minimum Gasteiger partial charge on any atom is -0.460 e. The molecule has 2 aromatic heterocycles. The first-order valence-electron chi connectivity index (χ1n) is 8.80. The van der Waals surface area contributed by atoms with Crippen LogP contribution < -0.4 is 5.32 Å². The van der Waals surface area contributed by atoms with Gasteiger partial charge in [0.1, 0.15) is 17.3 Å². The predicted molar refractivity (Wildman–Crippen MR) is 105 cm³/mol. The number of hydrogen-bond acceptors (Lipinski definition) is 3. The molecule has 28 heavy (non-hydrogen) atoms. The van der Waals surface area contributed by atoms with Gasteiger partial charge < -0.3 is 9.73 Å². The maximum Gasteiger partial charge on any atom is 0.259 e. The second kappa shape index (κ2) is 7.15. The molecule has 0 aliphatic carbocycles. The van der Waals surface area contributed by atoms with Crippen molar-refractivity contribution in [2.75, 3.05) is 5.32 Å². The van der Waals surface area contributed by atoms with Crippen LogP contribution in [0.1, 0.15) is 21.7 Å². The third kappa shape index (κ3) is 3.44. The molecule has 0 saturated heterocycles. The number of aromatic nitrogens is 2. The third-order valence-corrected chi connectivity index (χ3v) is 4.32. The summed E-state index contributed by atoms with van der Waals surface area (Å²) in [4.78, 5) is 13.0. The Morgan fingerprint density at radius 1 is 1.07 bits per heavy atom. The molecule has 0 fully saturated rings. The van der Waals surface area contributed by atoms with Crippen molar-refractivity contribution in [2.45, 2.75) is 13.8 Å². The number of anilines is 1. The first-order valence-corrected chi connectivity index (χ1v) is 8.80. The Bertz CT molecular complexity index is 1150. The molecular weight excluding hydrogens is 357 g/mol. The number of benzene rings is 2. The average molecular weight is 375 g/mol. The highest BCUT2D eigenvalue weighted by molar-refractivity contribution is 6.07. The molecule has 1 N–H and O–H groups in total. The third-order valence-electron chi connectivity index (χ3n) is 4.32. The molecule has 0 unspecified atom stereocenters. The van der Waals surface area contributed by atoms with Crippen molar-refractivity contribution >= 4 is 11.6 Å². The van der Waals surface area contributed by atoms with Crippen molar-refractivity contribution in [3.05, 3.63) is 89.6 Å². The van der Waals surface area contributed by atoms with Crippen molar-refractivity contribution in [3.8, 4) is 17.1 Å². The van der Waals surface area contributed by atoms with Gasteiger partial charge in [-0.2, -0.15) is 5.10 Å². The molecule has 4 aromatic rings. The van der Waals surface area contributed by atoms with Gasteiger partial charge in [-0.15, -0.1) is 0 Å². The summed E-state index contributed by atoms with van der Waals surface area (Å²) in [5, 5.41) is 7.18. The topological polar surface area (TPSA) is 60.1 Å². The first kappa shape index (κ1) is 17.7. The number of amides is 1. The molecule has 2 aromatic carbocycles. The van der Waals surface area contributed by atoms with Crippen LogP contribution in [0.3, 0.4) is 0 Å². The van der Waals surface area contributed by atoms with E-state index in [4.69, 9.17) is 4.42 Å². The van der Waals surface area contributed by atoms with Crippen LogP contribution in [0.5, 0.6) is 0 Å². The molecule has 0 bridgehead atoms. The minimum absolute atomic E-state index is 0.124. The lowest BCUT2D eigenvalue weighted by Gasteiger charge is -2.07. The fourth-order valence-corrected chi connectivity index (χ4v) is 2.92. The van der Waals surface area contributed by atoms with Crippen LogP contribution in [0.25, 0.3) is 17.1 Å². The van der Waals surface area contributed by atoms with Crippen LogP contribution in [-0.4, -0.2) is 15.7 Å². The van der Waals surface area contributed by atoms with Gasteiger partial charge in [0, 0.05) is 6.20 Å². The smallest absolute Gasteiger partial charge is 0.259 e. The molecule has 0 spiro atoms. The summed E-state index contributed by atoms with van der Waals surface area (Å²) in [5.41, 5.74) is 2.45.